The summed E-state index contributed by atoms with van der Waals surface area (Å²) < 4.78 is 5.77. The minimum Gasteiger partial charge on any atom is -0.444 e. The third-order valence-corrected chi connectivity index (χ3v) is 3.47. The molecule has 0 aliphatic rings. The number of anilines is 1. The summed E-state index contributed by atoms with van der Waals surface area (Å²) in [6, 6.07) is 6.52. The Hall–Kier alpha value is -2.09. The van der Waals surface area contributed by atoms with E-state index in [0.29, 0.717) is 18.0 Å². The van der Waals surface area contributed by atoms with Crippen molar-refractivity contribution in [2.24, 2.45) is 5.92 Å². The van der Waals surface area contributed by atoms with Gasteiger partial charge in [-0.1, -0.05) is 29.8 Å². The summed E-state index contributed by atoms with van der Waals surface area (Å²) in [5, 5.41) is 7.40. The van der Waals surface area contributed by atoms with Crippen molar-refractivity contribution in [1.82, 2.24) is 10.6 Å². The van der Waals surface area contributed by atoms with Gasteiger partial charge in [-0.05, 0) is 36.6 Å². The van der Waals surface area contributed by atoms with Crippen LogP contribution < -0.4 is 16.0 Å². The van der Waals surface area contributed by atoms with E-state index >= 15 is 0 Å². The Morgan fingerprint density at radius 1 is 1.12 bits per heavy atom. The second-order valence-electron chi connectivity index (χ2n) is 5.51. The normalized spacial score (nSPS) is 10.2. The number of nitrogens with one attached hydrogen (secondary N) is 3. The molecule has 0 saturated heterocycles. The molecule has 0 spiro atoms. The van der Waals surface area contributed by atoms with E-state index in [-0.39, 0.29) is 19.2 Å². The largest absolute Gasteiger partial charge is 0.444 e. The van der Waals surface area contributed by atoms with E-state index in [4.69, 9.17) is 4.74 Å². The lowest BCUT2D eigenvalue weighted by molar-refractivity contribution is -0.145. The Balaban J connectivity index is 2.15. The van der Waals surface area contributed by atoms with Gasteiger partial charge in [-0.25, -0.2) is 4.79 Å². The standard InChI is InChI=1S/C16H22BrN3O4/c1-11(2)3-8-15(22)24-10-19-14(21)9-18-16(23)20-13-6-4-12(17)5-7-13/h4-7,11H,3,8-10H2,1-2H3,(H,19,21)(H2,18,20,23). The van der Waals surface area contributed by atoms with Crippen LogP contribution in [-0.4, -0.2) is 31.2 Å². The fraction of sp³-hybridized carbons (Fsp3) is 0.438. The van der Waals surface area contributed by atoms with Crippen LogP contribution in [0.3, 0.4) is 0 Å². The summed E-state index contributed by atoms with van der Waals surface area (Å²) in [4.78, 5) is 34.5. The Labute approximate surface area is 149 Å². The summed E-state index contributed by atoms with van der Waals surface area (Å²) >= 11 is 3.30. The molecule has 0 fully saturated rings. The molecule has 0 saturated carbocycles. The highest BCUT2D eigenvalue weighted by Crippen LogP contribution is 2.13. The molecule has 0 aliphatic heterocycles. The number of carbonyl (C=O) groups is 3. The maximum absolute atomic E-state index is 11.6. The molecule has 1 rings (SSSR count). The topological polar surface area (TPSA) is 96.5 Å². The summed E-state index contributed by atoms with van der Waals surface area (Å²) in [7, 11) is 0. The number of ether oxygens (including phenoxy) is 1. The van der Waals surface area contributed by atoms with Gasteiger partial charge >= 0.3 is 12.0 Å². The molecule has 3 amide bonds. The Bertz CT molecular complexity index is 561. The van der Waals surface area contributed by atoms with Crippen molar-refractivity contribution in [3.63, 3.8) is 0 Å². The first-order valence-electron chi connectivity index (χ1n) is 7.59. The van der Waals surface area contributed by atoms with E-state index in [1.54, 1.807) is 24.3 Å². The van der Waals surface area contributed by atoms with Crippen LogP contribution in [0, 0.1) is 5.92 Å². The number of urea groups is 1. The number of carbonyl (C=O) groups excluding carboxylic acids is 3. The van der Waals surface area contributed by atoms with Gasteiger partial charge < -0.3 is 20.7 Å². The molecule has 7 nitrogen and oxygen atoms in total. The van der Waals surface area contributed by atoms with Gasteiger partial charge in [0, 0.05) is 16.6 Å². The first-order valence-corrected chi connectivity index (χ1v) is 8.39. The molecule has 0 heterocycles. The molecule has 0 aliphatic carbocycles. The Morgan fingerprint density at radius 3 is 2.42 bits per heavy atom. The van der Waals surface area contributed by atoms with Gasteiger partial charge in [0.15, 0.2) is 6.73 Å². The molecule has 1 aromatic carbocycles. The number of rotatable bonds is 8. The van der Waals surface area contributed by atoms with Crippen molar-refractivity contribution in [2.45, 2.75) is 26.7 Å². The molecular formula is C16H22BrN3O4. The molecule has 0 unspecified atom stereocenters. The fourth-order valence-corrected chi connectivity index (χ4v) is 1.87. The van der Waals surface area contributed by atoms with E-state index in [1.807, 2.05) is 13.8 Å². The fourth-order valence-electron chi connectivity index (χ4n) is 1.61. The molecule has 0 aromatic heterocycles. The number of benzene rings is 1. The van der Waals surface area contributed by atoms with Crippen molar-refractivity contribution in [1.29, 1.82) is 0 Å². The summed E-state index contributed by atoms with van der Waals surface area (Å²) in [6.45, 7) is 3.61. The van der Waals surface area contributed by atoms with E-state index in [9.17, 15) is 14.4 Å². The molecule has 0 radical (unpaired) electrons. The van der Waals surface area contributed by atoms with Gasteiger partial charge in [-0.15, -0.1) is 0 Å². The highest BCUT2D eigenvalue weighted by atomic mass is 79.9. The second-order valence-corrected chi connectivity index (χ2v) is 6.42. The third-order valence-electron chi connectivity index (χ3n) is 2.94. The lowest BCUT2D eigenvalue weighted by Crippen LogP contribution is -2.39. The van der Waals surface area contributed by atoms with Crippen molar-refractivity contribution >= 4 is 39.5 Å². The van der Waals surface area contributed by atoms with Gasteiger partial charge in [-0.2, -0.15) is 0 Å². The van der Waals surface area contributed by atoms with E-state index < -0.39 is 11.9 Å². The second kappa shape index (κ2) is 10.6. The zero-order valence-electron chi connectivity index (χ0n) is 13.7. The minimum absolute atomic E-state index is 0.203. The van der Waals surface area contributed by atoms with Gasteiger partial charge in [0.2, 0.25) is 5.91 Å². The van der Waals surface area contributed by atoms with Crippen molar-refractivity contribution < 1.29 is 19.1 Å². The van der Waals surface area contributed by atoms with Gasteiger partial charge in [0.05, 0.1) is 6.54 Å². The van der Waals surface area contributed by atoms with Crippen LogP contribution in [0.25, 0.3) is 0 Å². The average molecular weight is 400 g/mol. The molecule has 0 atom stereocenters. The quantitative estimate of drug-likeness (QED) is 0.462. The molecular weight excluding hydrogens is 378 g/mol. The van der Waals surface area contributed by atoms with Crippen LogP contribution in [0.15, 0.2) is 28.7 Å². The van der Waals surface area contributed by atoms with Gasteiger partial charge in [-0.3, -0.25) is 9.59 Å². The van der Waals surface area contributed by atoms with Gasteiger partial charge in [0.1, 0.15) is 0 Å². The lowest BCUT2D eigenvalue weighted by atomic mass is 10.1. The number of hydrogen-bond donors (Lipinski definition) is 3. The van der Waals surface area contributed by atoms with Crippen LogP contribution >= 0.6 is 15.9 Å². The Morgan fingerprint density at radius 2 is 1.79 bits per heavy atom. The first-order chi connectivity index (χ1) is 11.4. The van der Waals surface area contributed by atoms with Crippen molar-refractivity contribution in [3.05, 3.63) is 28.7 Å². The number of hydrogen-bond acceptors (Lipinski definition) is 4. The third kappa shape index (κ3) is 9.14. The highest BCUT2D eigenvalue weighted by Gasteiger charge is 2.08. The molecule has 8 heteroatoms. The average Bonchev–Trinajstić information content (AvgIpc) is 2.53. The first kappa shape index (κ1) is 20.0. The van der Waals surface area contributed by atoms with Crippen LogP contribution in [0.2, 0.25) is 0 Å². The Kier molecular flexibility index (Phi) is 8.85. The lowest BCUT2D eigenvalue weighted by Gasteiger charge is -2.09. The van der Waals surface area contributed by atoms with Crippen LogP contribution in [0.1, 0.15) is 26.7 Å². The maximum atomic E-state index is 11.6. The monoisotopic (exact) mass is 399 g/mol. The highest BCUT2D eigenvalue weighted by molar-refractivity contribution is 9.10. The zero-order chi connectivity index (χ0) is 17.9. The summed E-state index contributed by atoms with van der Waals surface area (Å²) in [6.07, 6.45) is 1.06. The van der Waals surface area contributed by atoms with Gasteiger partial charge in [0.25, 0.3) is 0 Å². The molecule has 132 valence electrons. The van der Waals surface area contributed by atoms with E-state index in [1.165, 1.54) is 0 Å². The van der Waals surface area contributed by atoms with Crippen LogP contribution in [0.4, 0.5) is 10.5 Å². The molecule has 0 bridgehead atoms. The molecule has 24 heavy (non-hydrogen) atoms. The van der Waals surface area contributed by atoms with Crippen molar-refractivity contribution in [2.75, 3.05) is 18.6 Å². The number of amides is 3. The predicted molar refractivity (Wildman–Crippen MR) is 94.3 cm³/mol. The summed E-state index contributed by atoms with van der Waals surface area (Å²) in [5.41, 5.74) is 0.607. The molecule has 3 N–H and O–H groups in total. The van der Waals surface area contributed by atoms with E-state index in [2.05, 4.69) is 31.9 Å². The maximum Gasteiger partial charge on any atom is 0.319 e. The minimum atomic E-state index is -0.499. The summed E-state index contributed by atoms with van der Waals surface area (Å²) in [5.74, 6) is -0.386. The predicted octanol–water partition coefficient (Wildman–Crippen LogP) is 2.62. The van der Waals surface area contributed by atoms with Crippen molar-refractivity contribution in [3.8, 4) is 0 Å². The zero-order valence-corrected chi connectivity index (χ0v) is 15.3. The smallest absolute Gasteiger partial charge is 0.319 e. The molecule has 1 aromatic rings. The number of esters is 1. The van der Waals surface area contributed by atoms with E-state index in [0.717, 1.165) is 10.9 Å². The SMILES string of the molecule is CC(C)CCC(=O)OCNC(=O)CNC(=O)Nc1ccc(Br)cc1. The van der Waals surface area contributed by atoms with Crippen LogP contribution in [0.5, 0.6) is 0 Å². The number of halogens is 1. The van der Waals surface area contributed by atoms with Crippen LogP contribution in [-0.2, 0) is 14.3 Å².